The first-order chi connectivity index (χ1) is 15.9. The van der Waals surface area contributed by atoms with E-state index in [1.54, 1.807) is 4.90 Å². The van der Waals surface area contributed by atoms with E-state index in [2.05, 4.69) is 15.3 Å². The van der Waals surface area contributed by atoms with Crippen LogP contribution in [0.2, 0.25) is 5.02 Å². The van der Waals surface area contributed by atoms with Crippen molar-refractivity contribution in [3.63, 3.8) is 0 Å². The van der Waals surface area contributed by atoms with Crippen molar-refractivity contribution in [2.45, 2.75) is 20.4 Å². The highest BCUT2D eigenvalue weighted by molar-refractivity contribution is 6.30. The van der Waals surface area contributed by atoms with E-state index in [1.165, 1.54) is 0 Å². The molecule has 2 aromatic carbocycles. The highest BCUT2D eigenvalue weighted by Gasteiger charge is 2.23. The number of amides is 2. The van der Waals surface area contributed by atoms with Gasteiger partial charge in [-0.2, -0.15) is 5.10 Å². The molecule has 1 aliphatic rings. The van der Waals surface area contributed by atoms with Gasteiger partial charge in [0.1, 0.15) is 0 Å². The Kier molecular flexibility index (Phi) is 6.99. The summed E-state index contributed by atoms with van der Waals surface area (Å²) in [5, 5.41) is 8.03. The van der Waals surface area contributed by atoms with Crippen molar-refractivity contribution in [2.24, 2.45) is 0 Å². The average molecular weight is 466 g/mol. The molecule has 1 saturated heterocycles. The Hall–Kier alpha value is -3.32. The van der Waals surface area contributed by atoms with Gasteiger partial charge in [-0.15, -0.1) is 0 Å². The quantitative estimate of drug-likeness (QED) is 0.606. The maximum atomic E-state index is 12.8. The van der Waals surface area contributed by atoms with Crippen LogP contribution in [0.1, 0.15) is 27.3 Å². The Labute approximate surface area is 198 Å². The summed E-state index contributed by atoms with van der Waals surface area (Å²) in [6.45, 7) is 6.99. The van der Waals surface area contributed by atoms with Gasteiger partial charge in [0, 0.05) is 42.6 Å². The number of carbonyl (C=O) groups excluding carboxylic acids is 2. The topological polar surface area (TPSA) is 70.5 Å². The summed E-state index contributed by atoms with van der Waals surface area (Å²) in [4.78, 5) is 29.6. The first kappa shape index (κ1) is 22.9. The maximum absolute atomic E-state index is 12.8. The summed E-state index contributed by atoms with van der Waals surface area (Å²) in [6, 6.07) is 17.7. The minimum atomic E-state index is -0.266. The molecular weight excluding hydrogens is 438 g/mol. The molecule has 4 rings (SSSR count). The number of carbonyl (C=O) groups is 2. The summed E-state index contributed by atoms with van der Waals surface area (Å²) < 4.78 is 1.83. The number of nitrogens with one attached hydrogen (secondary N) is 1. The Bertz CT molecular complexity index is 1120. The first-order valence-corrected chi connectivity index (χ1v) is 11.4. The summed E-state index contributed by atoms with van der Waals surface area (Å²) >= 11 is 5.97. The van der Waals surface area contributed by atoms with Gasteiger partial charge >= 0.3 is 0 Å². The molecule has 0 unspecified atom stereocenters. The predicted molar refractivity (Wildman–Crippen MR) is 130 cm³/mol. The van der Waals surface area contributed by atoms with Crippen LogP contribution in [-0.2, 0) is 11.3 Å². The largest absolute Gasteiger partial charge is 0.368 e. The molecule has 8 heteroatoms. The molecule has 0 bridgehead atoms. The summed E-state index contributed by atoms with van der Waals surface area (Å²) in [5.74, 6) is -0.344. The lowest BCUT2D eigenvalue weighted by atomic mass is 10.1. The van der Waals surface area contributed by atoms with Crippen molar-refractivity contribution >= 4 is 29.1 Å². The molecular formula is C25H28ClN5O2. The van der Waals surface area contributed by atoms with E-state index in [4.69, 9.17) is 11.6 Å². The van der Waals surface area contributed by atoms with Crippen LogP contribution in [0.15, 0.2) is 54.6 Å². The van der Waals surface area contributed by atoms with Gasteiger partial charge < -0.3 is 15.1 Å². The van der Waals surface area contributed by atoms with Gasteiger partial charge in [-0.1, -0.05) is 41.9 Å². The third-order valence-electron chi connectivity index (χ3n) is 6.01. The Morgan fingerprint density at radius 2 is 1.64 bits per heavy atom. The number of halogens is 1. The van der Waals surface area contributed by atoms with Crippen LogP contribution < -0.4 is 10.2 Å². The highest BCUT2D eigenvalue weighted by Crippen LogP contribution is 2.19. The lowest BCUT2D eigenvalue weighted by molar-refractivity contribution is -0.130. The van der Waals surface area contributed by atoms with Crippen LogP contribution in [0.5, 0.6) is 0 Å². The van der Waals surface area contributed by atoms with E-state index in [9.17, 15) is 9.59 Å². The molecule has 0 spiro atoms. The Balaban J connectivity index is 1.31. The van der Waals surface area contributed by atoms with Crippen LogP contribution >= 0.6 is 11.6 Å². The fraction of sp³-hybridized carbons (Fsp3) is 0.320. The van der Waals surface area contributed by atoms with Crippen molar-refractivity contribution in [1.82, 2.24) is 20.0 Å². The molecule has 33 heavy (non-hydrogen) atoms. The van der Waals surface area contributed by atoms with E-state index in [1.807, 2.05) is 73.1 Å². The van der Waals surface area contributed by atoms with Gasteiger partial charge in [0.15, 0.2) is 0 Å². The second-order valence-electron chi connectivity index (χ2n) is 8.22. The molecule has 1 aliphatic heterocycles. The number of nitrogens with zero attached hydrogens (tertiary/aromatic N) is 4. The van der Waals surface area contributed by atoms with Gasteiger partial charge in [0.2, 0.25) is 5.91 Å². The molecule has 2 amide bonds. The van der Waals surface area contributed by atoms with E-state index in [-0.39, 0.29) is 18.4 Å². The van der Waals surface area contributed by atoms with Gasteiger partial charge in [-0.25, -0.2) is 0 Å². The Morgan fingerprint density at radius 1 is 0.970 bits per heavy atom. The molecule has 3 aromatic rings. The number of hydrogen-bond acceptors (Lipinski definition) is 4. The van der Waals surface area contributed by atoms with Crippen LogP contribution in [0, 0.1) is 13.8 Å². The third kappa shape index (κ3) is 5.37. The number of hydrogen-bond donors (Lipinski definition) is 1. The van der Waals surface area contributed by atoms with Crippen molar-refractivity contribution < 1.29 is 9.59 Å². The van der Waals surface area contributed by atoms with Gasteiger partial charge in [-0.3, -0.25) is 14.3 Å². The lowest BCUT2D eigenvalue weighted by Crippen LogP contribution is -2.51. The van der Waals surface area contributed by atoms with Crippen molar-refractivity contribution in [3.8, 4) is 0 Å². The third-order valence-corrected chi connectivity index (χ3v) is 6.26. The minimum absolute atomic E-state index is 0.0253. The second-order valence-corrected chi connectivity index (χ2v) is 8.65. The molecule has 1 N–H and O–H groups in total. The minimum Gasteiger partial charge on any atom is -0.368 e. The molecule has 0 atom stereocenters. The SMILES string of the molecule is Cc1nn(Cc2ccccc2)c(C)c1C(=O)NCC(=O)N1CCN(c2ccc(Cl)cc2)CC1. The van der Waals surface area contributed by atoms with Crippen LogP contribution in [0.25, 0.3) is 0 Å². The average Bonchev–Trinajstić information content (AvgIpc) is 3.11. The highest BCUT2D eigenvalue weighted by atomic mass is 35.5. The van der Waals surface area contributed by atoms with Crippen molar-refractivity contribution in [1.29, 1.82) is 0 Å². The number of piperazine rings is 1. The number of anilines is 1. The normalized spacial score (nSPS) is 13.8. The zero-order chi connectivity index (χ0) is 23.4. The zero-order valence-electron chi connectivity index (χ0n) is 18.9. The number of aryl methyl sites for hydroxylation is 1. The van der Waals surface area contributed by atoms with Crippen LogP contribution in [0.4, 0.5) is 5.69 Å². The molecule has 2 heterocycles. The fourth-order valence-corrected chi connectivity index (χ4v) is 4.28. The fourth-order valence-electron chi connectivity index (χ4n) is 4.16. The predicted octanol–water partition coefficient (Wildman–Crippen LogP) is 3.28. The van der Waals surface area contributed by atoms with E-state index < -0.39 is 0 Å². The van der Waals surface area contributed by atoms with E-state index in [0.29, 0.717) is 35.9 Å². The molecule has 172 valence electrons. The zero-order valence-corrected chi connectivity index (χ0v) is 19.7. The number of rotatable bonds is 6. The van der Waals surface area contributed by atoms with Crippen molar-refractivity contribution in [2.75, 3.05) is 37.6 Å². The van der Waals surface area contributed by atoms with E-state index in [0.717, 1.165) is 30.0 Å². The summed E-state index contributed by atoms with van der Waals surface area (Å²) in [5.41, 5.74) is 4.19. The second kappa shape index (κ2) is 10.1. The molecule has 7 nitrogen and oxygen atoms in total. The smallest absolute Gasteiger partial charge is 0.255 e. The van der Waals surface area contributed by atoms with E-state index >= 15 is 0 Å². The summed E-state index contributed by atoms with van der Waals surface area (Å²) in [7, 11) is 0. The van der Waals surface area contributed by atoms with Gasteiger partial charge in [0.25, 0.3) is 5.91 Å². The molecule has 0 radical (unpaired) electrons. The van der Waals surface area contributed by atoms with Crippen LogP contribution in [-0.4, -0.2) is 59.2 Å². The van der Waals surface area contributed by atoms with Crippen LogP contribution in [0.3, 0.4) is 0 Å². The molecule has 0 saturated carbocycles. The standard InChI is InChI=1S/C25H28ClN5O2/c1-18-24(19(2)31(28-18)17-20-6-4-3-5-7-20)25(33)27-16-23(32)30-14-12-29(13-15-30)22-10-8-21(26)9-11-22/h3-11H,12-17H2,1-2H3,(H,27,33). The number of aromatic nitrogens is 2. The monoisotopic (exact) mass is 465 g/mol. The number of benzene rings is 2. The first-order valence-electron chi connectivity index (χ1n) is 11.1. The Morgan fingerprint density at radius 3 is 2.30 bits per heavy atom. The van der Waals surface area contributed by atoms with Crippen molar-refractivity contribution in [3.05, 3.63) is 82.1 Å². The molecule has 0 aliphatic carbocycles. The lowest BCUT2D eigenvalue weighted by Gasteiger charge is -2.36. The maximum Gasteiger partial charge on any atom is 0.255 e. The molecule has 1 fully saturated rings. The van der Waals surface area contributed by atoms with Gasteiger partial charge in [0.05, 0.1) is 24.3 Å². The molecule has 1 aromatic heterocycles. The van der Waals surface area contributed by atoms with Gasteiger partial charge in [-0.05, 0) is 43.7 Å². The summed E-state index contributed by atoms with van der Waals surface area (Å²) in [6.07, 6.45) is 0.